The second-order valence-electron chi connectivity index (χ2n) is 4.54. The second kappa shape index (κ2) is 10.5. The van der Waals surface area contributed by atoms with Crippen molar-refractivity contribution in [3.05, 3.63) is 35.9 Å². The van der Waals surface area contributed by atoms with E-state index in [0.29, 0.717) is 11.7 Å². The highest BCUT2D eigenvalue weighted by molar-refractivity contribution is 5.27. The monoisotopic (exact) mass is 261 g/mol. The van der Waals surface area contributed by atoms with E-state index in [9.17, 15) is 0 Å². The molecule has 0 saturated carbocycles. The van der Waals surface area contributed by atoms with Crippen LogP contribution in [0.3, 0.4) is 0 Å². The first-order valence-corrected chi connectivity index (χ1v) is 7.01. The van der Waals surface area contributed by atoms with Crippen molar-refractivity contribution in [2.75, 3.05) is 19.8 Å². The van der Waals surface area contributed by atoms with Gasteiger partial charge in [0.1, 0.15) is 0 Å². The van der Waals surface area contributed by atoms with Gasteiger partial charge >= 0.3 is 0 Å². The zero-order valence-corrected chi connectivity index (χ0v) is 11.7. The Labute approximate surface area is 116 Å². The fourth-order valence-electron chi connectivity index (χ4n) is 1.84. The SMILES string of the molecule is CCCCCC1COCCO1.N#Cc1ccccc1. The molecule has 0 N–H and O–H groups in total. The Bertz CT molecular complexity index is 353. The number of rotatable bonds is 4. The summed E-state index contributed by atoms with van der Waals surface area (Å²) in [5, 5.41) is 8.29. The maximum atomic E-state index is 8.29. The van der Waals surface area contributed by atoms with Crippen LogP contribution >= 0.6 is 0 Å². The molecule has 3 nitrogen and oxygen atoms in total. The first kappa shape index (κ1) is 15.7. The summed E-state index contributed by atoms with van der Waals surface area (Å²) in [6.45, 7) is 4.60. The van der Waals surface area contributed by atoms with Crippen LogP contribution in [-0.2, 0) is 9.47 Å². The van der Waals surface area contributed by atoms with Gasteiger partial charge in [-0.05, 0) is 18.6 Å². The van der Waals surface area contributed by atoms with Crippen LogP contribution in [0.5, 0.6) is 0 Å². The number of nitrogens with zero attached hydrogens (tertiary/aromatic N) is 1. The van der Waals surface area contributed by atoms with Crippen LogP contribution < -0.4 is 0 Å². The minimum atomic E-state index is 0.385. The molecule has 1 unspecified atom stereocenters. The summed E-state index contributed by atoms with van der Waals surface area (Å²) in [6.07, 6.45) is 5.45. The summed E-state index contributed by atoms with van der Waals surface area (Å²) in [7, 11) is 0. The first-order valence-electron chi connectivity index (χ1n) is 7.01. The average Bonchev–Trinajstić information content (AvgIpc) is 2.50. The number of benzene rings is 1. The summed E-state index contributed by atoms with van der Waals surface area (Å²) >= 11 is 0. The zero-order valence-electron chi connectivity index (χ0n) is 11.7. The standard InChI is InChI=1S/C9H18O2.C7H5N/c1-2-3-4-5-9-8-10-6-7-11-9;8-6-7-4-2-1-3-5-7/h9H,2-8H2,1H3;1-5H. The minimum Gasteiger partial charge on any atom is -0.376 e. The third-order valence-electron chi connectivity index (χ3n) is 2.92. The lowest BCUT2D eigenvalue weighted by molar-refractivity contribution is -0.0912. The molecule has 0 amide bonds. The molecule has 1 fully saturated rings. The van der Waals surface area contributed by atoms with Gasteiger partial charge in [-0.1, -0.05) is 44.4 Å². The fourth-order valence-corrected chi connectivity index (χ4v) is 1.84. The largest absolute Gasteiger partial charge is 0.376 e. The van der Waals surface area contributed by atoms with Crippen LogP contribution in [-0.4, -0.2) is 25.9 Å². The van der Waals surface area contributed by atoms with E-state index in [0.717, 1.165) is 19.8 Å². The summed E-state index contributed by atoms with van der Waals surface area (Å²) in [5.74, 6) is 0. The number of unbranched alkanes of at least 4 members (excludes halogenated alkanes) is 2. The lowest BCUT2D eigenvalue weighted by Crippen LogP contribution is -2.28. The number of nitriles is 1. The molecular weight excluding hydrogens is 238 g/mol. The normalized spacial score (nSPS) is 18.0. The fraction of sp³-hybridized carbons (Fsp3) is 0.562. The summed E-state index contributed by atoms with van der Waals surface area (Å²) in [6, 6.07) is 11.2. The Morgan fingerprint density at radius 2 is 2.00 bits per heavy atom. The van der Waals surface area contributed by atoms with Gasteiger partial charge in [0.15, 0.2) is 0 Å². The molecule has 1 atom stereocenters. The van der Waals surface area contributed by atoms with Gasteiger partial charge < -0.3 is 9.47 Å². The zero-order chi connectivity index (χ0) is 13.8. The van der Waals surface area contributed by atoms with Crippen molar-refractivity contribution in [1.82, 2.24) is 0 Å². The highest BCUT2D eigenvalue weighted by Crippen LogP contribution is 2.09. The van der Waals surface area contributed by atoms with Crippen molar-refractivity contribution in [2.45, 2.75) is 38.7 Å². The van der Waals surface area contributed by atoms with Gasteiger partial charge in [-0.25, -0.2) is 0 Å². The van der Waals surface area contributed by atoms with Gasteiger partial charge in [-0.2, -0.15) is 5.26 Å². The van der Waals surface area contributed by atoms with Crippen LogP contribution in [0.4, 0.5) is 0 Å². The summed E-state index contributed by atoms with van der Waals surface area (Å²) in [4.78, 5) is 0. The van der Waals surface area contributed by atoms with Crippen molar-refractivity contribution in [3.63, 3.8) is 0 Å². The molecule has 0 bridgehead atoms. The molecule has 1 aliphatic heterocycles. The van der Waals surface area contributed by atoms with Crippen molar-refractivity contribution in [2.24, 2.45) is 0 Å². The predicted octanol–water partition coefficient (Wildman–Crippen LogP) is 3.54. The van der Waals surface area contributed by atoms with E-state index in [1.54, 1.807) is 12.1 Å². The van der Waals surface area contributed by atoms with Crippen molar-refractivity contribution in [1.29, 1.82) is 5.26 Å². The number of hydrogen-bond acceptors (Lipinski definition) is 3. The molecule has 0 aliphatic carbocycles. The van der Waals surface area contributed by atoms with E-state index in [4.69, 9.17) is 14.7 Å². The van der Waals surface area contributed by atoms with Crippen LogP contribution in [0.1, 0.15) is 38.2 Å². The Morgan fingerprint density at radius 3 is 2.53 bits per heavy atom. The topological polar surface area (TPSA) is 42.2 Å². The van der Waals surface area contributed by atoms with E-state index in [-0.39, 0.29) is 0 Å². The Hall–Kier alpha value is -1.37. The molecule has 1 saturated heterocycles. The van der Waals surface area contributed by atoms with Crippen molar-refractivity contribution < 1.29 is 9.47 Å². The van der Waals surface area contributed by atoms with Gasteiger partial charge in [0.2, 0.25) is 0 Å². The molecule has 104 valence electrons. The predicted molar refractivity (Wildman–Crippen MR) is 75.9 cm³/mol. The van der Waals surface area contributed by atoms with Crippen LogP contribution in [0.15, 0.2) is 30.3 Å². The van der Waals surface area contributed by atoms with Crippen LogP contribution in [0.25, 0.3) is 0 Å². The van der Waals surface area contributed by atoms with E-state index < -0.39 is 0 Å². The smallest absolute Gasteiger partial charge is 0.0991 e. The van der Waals surface area contributed by atoms with E-state index in [2.05, 4.69) is 6.92 Å². The number of hydrogen-bond donors (Lipinski definition) is 0. The lowest BCUT2D eigenvalue weighted by Gasteiger charge is -2.22. The van der Waals surface area contributed by atoms with Crippen molar-refractivity contribution >= 4 is 0 Å². The molecule has 0 radical (unpaired) electrons. The maximum Gasteiger partial charge on any atom is 0.0991 e. The van der Waals surface area contributed by atoms with Gasteiger partial charge in [-0.15, -0.1) is 0 Å². The highest BCUT2D eigenvalue weighted by atomic mass is 16.6. The third kappa shape index (κ3) is 7.61. The second-order valence-corrected chi connectivity index (χ2v) is 4.54. The van der Waals surface area contributed by atoms with E-state index in [1.807, 2.05) is 24.3 Å². The first-order chi connectivity index (χ1) is 9.36. The van der Waals surface area contributed by atoms with Crippen molar-refractivity contribution in [3.8, 4) is 6.07 Å². The Kier molecular flexibility index (Phi) is 8.70. The molecule has 0 aromatic heterocycles. The van der Waals surface area contributed by atoms with Gasteiger partial charge in [-0.3, -0.25) is 0 Å². The molecule has 0 spiro atoms. The summed E-state index contributed by atoms with van der Waals surface area (Å²) in [5.41, 5.74) is 0.715. The Morgan fingerprint density at radius 1 is 1.21 bits per heavy atom. The highest BCUT2D eigenvalue weighted by Gasteiger charge is 2.12. The molecule has 1 aliphatic rings. The quantitative estimate of drug-likeness (QED) is 0.778. The lowest BCUT2D eigenvalue weighted by atomic mass is 10.1. The van der Waals surface area contributed by atoms with E-state index >= 15 is 0 Å². The molecule has 1 aromatic rings. The molecule has 3 heteroatoms. The minimum absolute atomic E-state index is 0.385. The number of ether oxygens (including phenoxy) is 2. The van der Waals surface area contributed by atoms with Crippen LogP contribution in [0.2, 0.25) is 0 Å². The van der Waals surface area contributed by atoms with Gasteiger partial charge in [0, 0.05) is 0 Å². The molecule has 1 heterocycles. The van der Waals surface area contributed by atoms with E-state index in [1.165, 1.54) is 25.7 Å². The summed E-state index contributed by atoms with van der Waals surface area (Å²) < 4.78 is 10.8. The molecule has 19 heavy (non-hydrogen) atoms. The third-order valence-corrected chi connectivity index (χ3v) is 2.92. The average molecular weight is 261 g/mol. The van der Waals surface area contributed by atoms with Crippen LogP contribution in [0, 0.1) is 11.3 Å². The molecule has 2 rings (SSSR count). The van der Waals surface area contributed by atoms with Gasteiger partial charge in [0.05, 0.1) is 37.6 Å². The molecule has 1 aromatic carbocycles. The maximum absolute atomic E-state index is 8.29. The Balaban J connectivity index is 0.000000200. The van der Waals surface area contributed by atoms with Gasteiger partial charge in [0.25, 0.3) is 0 Å². The molecular formula is C16H23NO2.